The van der Waals surface area contributed by atoms with E-state index < -0.39 is 0 Å². The van der Waals surface area contributed by atoms with Gasteiger partial charge in [0.1, 0.15) is 0 Å². The number of benzene rings is 1. The molecular formula is C14H17N3O. The Balaban J connectivity index is 2.01. The molecule has 0 bridgehead atoms. The van der Waals surface area contributed by atoms with E-state index in [1.165, 1.54) is 0 Å². The molecule has 1 saturated carbocycles. The van der Waals surface area contributed by atoms with Crippen molar-refractivity contribution in [2.24, 2.45) is 11.1 Å². The van der Waals surface area contributed by atoms with E-state index in [-0.39, 0.29) is 11.3 Å². The second-order valence-corrected chi connectivity index (χ2v) is 4.82. The van der Waals surface area contributed by atoms with Gasteiger partial charge in [-0.1, -0.05) is 18.6 Å². The number of carbonyl (C=O) groups excluding carboxylic acids is 1. The van der Waals surface area contributed by atoms with Crippen LogP contribution in [-0.4, -0.2) is 12.5 Å². The van der Waals surface area contributed by atoms with Crippen molar-refractivity contribution in [1.29, 1.82) is 5.26 Å². The molecule has 4 heteroatoms. The van der Waals surface area contributed by atoms with Crippen LogP contribution < -0.4 is 11.1 Å². The van der Waals surface area contributed by atoms with Crippen LogP contribution in [-0.2, 0) is 11.2 Å². The van der Waals surface area contributed by atoms with Crippen LogP contribution in [0.3, 0.4) is 0 Å². The Labute approximate surface area is 107 Å². The van der Waals surface area contributed by atoms with E-state index in [4.69, 9.17) is 11.0 Å². The summed E-state index contributed by atoms with van der Waals surface area (Å²) in [7, 11) is 0. The highest BCUT2D eigenvalue weighted by Gasteiger charge is 2.42. The molecule has 0 spiro atoms. The second-order valence-electron chi connectivity index (χ2n) is 4.82. The number of anilines is 1. The number of hydrogen-bond acceptors (Lipinski definition) is 3. The number of amides is 1. The van der Waals surface area contributed by atoms with Gasteiger partial charge < -0.3 is 11.1 Å². The van der Waals surface area contributed by atoms with Gasteiger partial charge in [-0.25, -0.2) is 0 Å². The normalized spacial score (nSPS) is 16.4. The number of carbonyl (C=O) groups is 1. The average Bonchev–Trinajstić information content (AvgIpc) is 2.31. The zero-order valence-corrected chi connectivity index (χ0v) is 10.3. The van der Waals surface area contributed by atoms with Crippen molar-refractivity contribution in [3.63, 3.8) is 0 Å². The highest BCUT2D eigenvalue weighted by Crippen LogP contribution is 2.40. The number of nitrogens with zero attached hydrogens (tertiary/aromatic N) is 1. The van der Waals surface area contributed by atoms with Crippen LogP contribution in [0.4, 0.5) is 5.69 Å². The molecule has 0 radical (unpaired) electrons. The fraction of sp³-hybridized carbons (Fsp3) is 0.429. The Morgan fingerprint density at radius 2 is 2.06 bits per heavy atom. The summed E-state index contributed by atoms with van der Waals surface area (Å²) >= 11 is 0. The van der Waals surface area contributed by atoms with Crippen LogP contribution in [0.5, 0.6) is 0 Å². The Hall–Kier alpha value is -1.86. The van der Waals surface area contributed by atoms with Crippen molar-refractivity contribution in [2.75, 3.05) is 11.9 Å². The lowest BCUT2D eigenvalue weighted by Gasteiger charge is -2.39. The number of nitriles is 1. The molecule has 1 aromatic rings. The molecule has 4 nitrogen and oxygen atoms in total. The average molecular weight is 243 g/mol. The molecule has 1 fully saturated rings. The predicted octanol–water partition coefficient (Wildman–Crippen LogP) is 1.82. The third-order valence-electron chi connectivity index (χ3n) is 3.68. The minimum Gasteiger partial charge on any atom is -0.329 e. The highest BCUT2D eigenvalue weighted by molar-refractivity contribution is 5.96. The van der Waals surface area contributed by atoms with Crippen molar-refractivity contribution in [1.82, 2.24) is 0 Å². The van der Waals surface area contributed by atoms with Gasteiger partial charge in [-0.2, -0.15) is 5.26 Å². The first-order chi connectivity index (χ1) is 8.70. The standard InChI is InChI=1S/C14H17N3O/c15-9-6-11-2-4-12(5-3-11)17-13(18)14(10-16)7-1-8-14/h2-5H,1,6-8,10,16H2,(H,17,18). The Bertz CT molecular complexity index is 463. The molecule has 0 heterocycles. The maximum atomic E-state index is 12.1. The van der Waals surface area contributed by atoms with Crippen LogP contribution in [0.15, 0.2) is 24.3 Å². The van der Waals surface area contributed by atoms with E-state index in [1.807, 2.05) is 24.3 Å². The van der Waals surface area contributed by atoms with Gasteiger partial charge in [0.25, 0.3) is 0 Å². The fourth-order valence-electron chi connectivity index (χ4n) is 2.19. The predicted molar refractivity (Wildman–Crippen MR) is 69.7 cm³/mol. The topological polar surface area (TPSA) is 78.9 Å². The second kappa shape index (κ2) is 5.19. The van der Waals surface area contributed by atoms with E-state index in [2.05, 4.69) is 11.4 Å². The minimum atomic E-state index is -0.356. The van der Waals surface area contributed by atoms with Gasteiger partial charge in [-0.15, -0.1) is 0 Å². The van der Waals surface area contributed by atoms with Gasteiger partial charge >= 0.3 is 0 Å². The van der Waals surface area contributed by atoms with Crippen LogP contribution in [0.1, 0.15) is 24.8 Å². The van der Waals surface area contributed by atoms with Crippen molar-refractivity contribution in [2.45, 2.75) is 25.7 Å². The summed E-state index contributed by atoms with van der Waals surface area (Å²) < 4.78 is 0. The minimum absolute atomic E-state index is 0.0179. The molecule has 3 N–H and O–H groups in total. The molecule has 1 amide bonds. The van der Waals surface area contributed by atoms with Gasteiger partial charge in [0.2, 0.25) is 5.91 Å². The first kappa shape index (κ1) is 12.6. The van der Waals surface area contributed by atoms with E-state index in [0.717, 1.165) is 30.5 Å². The highest BCUT2D eigenvalue weighted by atomic mass is 16.2. The fourth-order valence-corrected chi connectivity index (χ4v) is 2.19. The van der Waals surface area contributed by atoms with Crippen LogP contribution in [0.25, 0.3) is 0 Å². The van der Waals surface area contributed by atoms with Gasteiger partial charge in [-0.3, -0.25) is 4.79 Å². The lowest BCUT2D eigenvalue weighted by atomic mass is 9.68. The summed E-state index contributed by atoms with van der Waals surface area (Å²) in [6.45, 7) is 0.408. The Morgan fingerprint density at radius 3 is 2.50 bits per heavy atom. The molecule has 1 aliphatic carbocycles. The van der Waals surface area contributed by atoms with E-state index in [9.17, 15) is 4.79 Å². The van der Waals surface area contributed by atoms with Gasteiger partial charge in [-0.05, 0) is 30.5 Å². The van der Waals surface area contributed by atoms with Crippen molar-refractivity contribution >= 4 is 11.6 Å². The quantitative estimate of drug-likeness (QED) is 0.846. The molecular weight excluding hydrogens is 226 g/mol. The molecule has 0 aliphatic heterocycles. The van der Waals surface area contributed by atoms with Crippen LogP contribution in [0, 0.1) is 16.7 Å². The molecule has 18 heavy (non-hydrogen) atoms. The monoisotopic (exact) mass is 243 g/mol. The molecule has 0 unspecified atom stereocenters. The van der Waals surface area contributed by atoms with E-state index >= 15 is 0 Å². The van der Waals surface area contributed by atoms with Crippen molar-refractivity contribution < 1.29 is 4.79 Å². The number of hydrogen-bond donors (Lipinski definition) is 2. The van der Waals surface area contributed by atoms with Crippen molar-refractivity contribution in [3.05, 3.63) is 29.8 Å². The smallest absolute Gasteiger partial charge is 0.231 e. The lowest BCUT2D eigenvalue weighted by molar-refractivity contribution is -0.129. The maximum Gasteiger partial charge on any atom is 0.231 e. The summed E-state index contributed by atoms with van der Waals surface area (Å²) in [5, 5.41) is 11.5. The van der Waals surface area contributed by atoms with Crippen LogP contribution in [0.2, 0.25) is 0 Å². The third kappa shape index (κ3) is 2.36. The van der Waals surface area contributed by atoms with Gasteiger partial charge in [0.05, 0.1) is 17.9 Å². The summed E-state index contributed by atoms with van der Waals surface area (Å²) in [4.78, 5) is 12.1. The molecule has 0 saturated heterocycles. The number of nitrogens with two attached hydrogens (primary N) is 1. The summed E-state index contributed by atoms with van der Waals surface area (Å²) in [5.74, 6) is 0.0179. The maximum absolute atomic E-state index is 12.1. The van der Waals surface area contributed by atoms with Crippen molar-refractivity contribution in [3.8, 4) is 6.07 Å². The molecule has 0 atom stereocenters. The largest absolute Gasteiger partial charge is 0.329 e. The van der Waals surface area contributed by atoms with Crippen LogP contribution >= 0.6 is 0 Å². The molecule has 94 valence electrons. The Kier molecular flexibility index (Phi) is 3.63. The summed E-state index contributed by atoms with van der Waals surface area (Å²) in [5.41, 5.74) is 7.05. The lowest BCUT2D eigenvalue weighted by Crippen LogP contribution is -2.47. The van der Waals surface area contributed by atoms with Gasteiger partial charge in [0.15, 0.2) is 0 Å². The summed E-state index contributed by atoms with van der Waals surface area (Å²) in [6, 6.07) is 9.46. The summed E-state index contributed by atoms with van der Waals surface area (Å²) in [6.07, 6.45) is 3.22. The molecule has 1 aliphatic rings. The zero-order chi connectivity index (χ0) is 13.0. The zero-order valence-electron chi connectivity index (χ0n) is 10.3. The number of nitrogens with one attached hydrogen (secondary N) is 1. The molecule has 2 rings (SSSR count). The number of rotatable bonds is 4. The van der Waals surface area contributed by atoms with E-state index in [1.54, 1.807) is 0 Å². The van der Waals surface area contributed by atoms with Gasteiger partial charge in [0, 0.05) is 12.2 Å². The first-order valence-electron chi connectivity index (χ1n) is 6.18. The molecule has 0 aromatic heterocycles. The first-order valence-corrected chi connectivity index (χ1v) is 6.18. The SMILES string of the molecule is N#CCc1ccc(NC(=O)C2(CN)CCC2)cc1. The third-order valence-corrected chi connectivity index (χ3v) is 3.68. The van der Waals surface area contributed by atoms with E-state index in [0.29, 0.717) is 13.0 Å². The molecule has 1 aromatic carbocycles. The Morgan fingerprint density at radius 1 is 1.39 bits per heavy atom.